The van der Waals surface area contributed by atoms with Gasteiger partial charge >= 0.3 is 0 Å². The minimum Gasteiger partial charge on any atom is -0.463 e. The fourth-order valence-electron chi connectivity index (χ4n) is 2.76. The smallest absolute Gasteiger partial charge is 0.200 e. The molecule has 0 saturated heterocycles. The normalized spacial score (nSPS) is 11.3. The first-order valence-corrected chi connectivity index (χ1v) is 7.23. The minimum atomic E-state index is -0.0297. The Balaban J connectivity index is 1.95. The molecule has 4 nitrogen and oxygen atoms in total. The molecule has 0 radical (unpaired) electrons. The van der Waals surface area contributed by atoms with Crippen LogP contribution in [0.5, 0.6) is 0 Å². The first kappa shape index (κ1) is 12.8. The summed E-state index contributed by atoms with van der Waals surface area (Å²) >= 11 is 0. The van der Waals surface area contributed by atoms with E-state index in [9.17, 15) is 4.79 Å². The van der Waals surface area contributed by atoms with Gasteiger partial charge in [-0.15, -0.1) is 0 Å². The van der Waals surface area contributed by atoms with Crippen molar-refractivity contribution in [2.75, 3.05) is 0 Å². The molecule has 4 rings (SSSR count). The number of aromatic nitrogens is 2. The van der Waals surface area contributed by atoms with Crippen molar-refractivity contribution in [3.63, 3.8) is 0 Å². The highest BCUT2D eigenvalue weighted by Crippen LogP contribution is 2.23. The largest absolute Gasteiger partial charge is 0.463 e. The van der Waals surface area contributed by atoms with Crippen molar-refractivity contribution in [1.29, 1.82) is 0 Å². The predicted molar refractivity (Wildman–Crippen MR) is 86.9 cm³/mol. The maximum absolute atomic E-state index is 12.6. The van der Waals surface area contributed by atoms with Crippen molar-refractivity contribution in [2.45, 2.75) is 13.5 Å². The van der Waals surface area contributed by atoms with Crippen molar-refractivity contribution in [1.82, 2.24) is 9.55 Å². The lowest BCUT2D eigenvalue weighted by Gasteiger charge is -2.04. The summed E-state index contributed by atoms with van der Waals surface area (Å²) < 4.78 is 7.65. The van der Waals surface area contributed by atoms with Gasteiger partial charge < -0.3 is 8.98 Å². The third kappa shape index (κ3) is 1.84. The summed E-state index contributed by atoms with van der Waals surface area (Å²) in [5, 5.41) is 1.61. The lowest BCUT2D eigenvalue weighted by Crippen LogP contribution is -2.04. The van der Waals surface area contributed by atoms with Crippen LogP contribution in [0.25, 0.3) is 33.1 Å². The molecule has 0 saturated carbocycles. The molecular formula is C18H14N2O2. The van der Waals surface area contributed by atoms with Crippen LogP contribution in [0.4, 0.5) is 0 Å². The first-order chi connectivity index (χ1) is 10.8. The van der Waals surface area contributed by atoms with Crippen molar-refractivity contribution in [3.05, 3.63) is 65.3 Å². The molecule has 3 heterocycles. The monoisotopic (exact) mass is 290 g/mol. The summed E-state index contributed by atoms with van der Waals surface area (Å²) in [4.78, 5) is 17.1. The van der Waals surface area contributed by atoms with Gasteiger partial charge in [0.25, 0.3) is 0 Å². The Morgan fingerprint density at radius 1 is 1.23 bits per heavy atom. The van der Waals surface area contributed by atoms with E-state index in [4.69, 9.17) is 4.42 Å². The summed E-state index contributed by atoms with van der Waals surface area (Å²) in [6.07, 6.45) is 5.25. The molecule has 1 aromatic carbocycles. The summed E-state index contributed by atoms with van der Waals surface area (Å²) in [6.45, 7) is 2.95. The van der Waals surface area contributed by atoms with Crippen molar-refractivity contribution in [3.8, 4) is 11.1 Å². The third-order valence-electron chi connectivity index (χ3n) is 3.93. The Morgan fingerprint density at radius 2 is 2.09 bits per heavy atom. The van der Waals surface area contributed by atoms with Gasteiger partial charge in [-0.3, -0.25) is 4.79 Å². The summed E-state index contributed by atoms with van der Waals surface area (Å²) in [5.41, 5.74) is 2.81. The highest BCUT2D eigenvalue weighted by Gasteiger charge is 2.10. The zero-order valence-corrected chi connectivity index (χ0v) is 12.1. The molecule has 0 aliphatic carbocycles. The molecule has 22 heavy (non-hydrogen) atoms. The molecular weight excluding hydrogens is 276 g/mol. The molecule has 4 heteroatoms. The van der Waals surface area contributed by atoms with Gasteiger partial charge in [0.15, 0.2) is 0 Å². The standard InChI is InChI=1S/C18H14N2O2/c1-2-20-8-7-12-9-13(10-19-18(12)20)15-11-22-16-6-4-3-5-14(16)17(15)21/h3-11H,2H2,1H3. The number of para-hydroxylation sites is 1. The molecule has 0 fully saturated rings. The molecule has 0 amide bonds. The van der Waals surface area contributed by atoms with Crippen LogP contribution >= 0.6 is 0 Å². The zero-order valence-electron chi connectivity index (χ0n) is 12.1. The van der Waals surface area contributed by atoms with Crippen molar-refractivity contribution >= 4 is 22.0 Å². The predicted octanol–water partition coefficient (Wildman–Crippen LogP) is 3.83. The van der Waals surface area contributed by atoms with E-state index >= 15 is 0 Å². The molecule has 0 spiro atoms. The second-order valence-electron chi connectivity index (χ2n) is 5.21. The topological polar surface area (TPSA) is 48.0 Å². The van der Waals surface area contributed by atoms with E-state index in [1.165, 1.54) is 6.26 Å². The lowest BCUT2D eigenvalue weighted by molar-refractivity contribution is 0.604. The quantitative estimate of drug-likeness (QED) is 0.563. The van der Waals surface area contributed by atoms with Crippen LogP contribution in [-0.2, 0) is 6.54 Å². The molecule has 0 bridgehead atoms. The molecule has 0 atom stereocenters. The maximum atomic E-state index is 12.6. The average Bonchev–Trinajstić information content (AvgIpc) is 2.97. The van der Waals surface area contributed by atoms with E-state index in [2.05, 4.69) is 16.5 Å². The fourth-order valence-corrected chi connectivity index (χ4v) is 2.76. The Labute approximate surface area is 126 Å². The maximum Gasteiger partial charge on any atom is 0.200 e. The zero-order chi connectivity index (χ0) is 15.1. The number of rotatable bonds is 2. The van der Waals surface area contributed by atoms with Crippen LogP contribution in [0.3, 0.4) is 0 Å². The van der Waals surface area contributed by atoms with Crippen LogP contribution in [0.2, 0.25) is 0 Å². The molecule has 3 aromatic heterocycles. The number of nitrogens with zero attached hydrogens (tertiary/aromatic N) is 2. The van der Waals surface area contributed by atoms with Gasteiger partial charge in [0.2, 0.25) is 5.43 Å². The third-order valence-corrected chi connectivity index (χ3v) is 3.93. The van der Waals surface area contributed by atoms with E-state index in [-0.39, 0.29) is 5.43 Å². The van der Waals surface area contributed by atoms with Crippen molar-refractivity contribution in [2.24, 2.45) is 0 Å². The highest BCUT2D eigenvalue weighted by molar-refractivity contribution is 5.85. The van der Waals surface area contributed by atoms with Gasteiger partial charge in [0.1, 0.15) is 17.5 Å². The van der Waals surface area contributed by atoms with E-state index in [1.807, 2.05) is 30.5 Å². The molecule has 4 aromatic rings. The Hall–Kier alpha value is -2.88. The molecule has 0 aliphatic rings. The number of benzene rings is 1. The van der Waals surface area contributed by atoms with Gasteiger partial charge in [0.05, 0.1) is 10.9 Å². The van der Waals surface area contributed by atoms with Crippen molar-refractivity contribution < 1.29 is 4.42 Å². The minimum absolute atomic E-state index is 0.0297. The van der Waals surface area contributed by atoms with Crippen LogP contribution in [0.1, 0.15) is 6.92 Å². The van der Waals surface area contributed by atoms with E-state index < -0.39 is 0 Å². The highest BCUT2D eigenvalue weighted by atomic mass is 16.3. The van der Waals surface area contributed by atoms with Crippen LogP contribution in [0.15, 0.2) is 64.3 Å². The van der Waals surface area contributed by atoms with Gasteiger partial charge in [-0.25, -0.2) is 4.98 Å². The van der Waals surface area contributed by atoms with Gasteiger partial charge in [-0.05, 0) is 31.2 Å². The van der Waals surface area contributed by atoms with Gasteiger partial charge in [-0.2, -0.15) is 0 Å². The average molecular weight is 290 g/mol. The number of aryl methyl sites for hydroxylation is 1. The lowest BCUT2D eigenvalue weighted by atomic mass is 10.1. The van der Waals surface area contributed by atoms with E-state index in [0.29, 0.717) is 16.5 Å². The molecule has 0 unspecified atom stereocenters. The first-order valence-electron chi connectivity index (χ1n) is 7.23. The second-order valence-corrected chi connectivity index (χ2v) is 5.21. The molecule has 0 aliphatic heterocycles. The summed E-state index contributed by atoms with van der Waals surface area (Å²) in [5.74, 6) is 0. The van der Waals surface area contributed by atoms with Gasteiger partial charge in [-0.1, -0.05) is 12.1 Å². The second kappa shape index (κ2) is 4.84. The SMILES string of the molecule is CCn1ccc2cc(-c3coc4ccccc4c3=O)cnc21. The Morgan fingerprint density at radius 3 is 2.95 bits per heavy atom. The Bertz CT molecular complexity index is 1040. The Kier molecular flexibility index (Phi) is 2.82. The summed E-state index contributed by atoms with van der Waals surface area (Å²) in [6, 6.07) is 11.3. The summed E-state index contributed by atoms with van der Waals surface area (Å²) in [7, 11) is 0. The molecule has 0 N–H and O–H groups in total. The van der Waals surface area contributed by atoms with Crippen LogP contribution in [0, 0.1) is 0 Å². The van der Waals surface area contributed by atoms with E-state index in [1.54, 1.807) is 18.3 Å². The van der Waals surface area contributed by atoms with Gasteiger partial charge in [0, 0.05) is 29.9 Å². The molecule has 108 valence electrons. The fraction of sp³-hybridized carbons (Fsp3) is 0.111. The van der Waals surface area contributed by atoms with Crippen LogP contribution in [-0.4, -0.2) is 9.55 Å². The van der Waals surface area contributed by atoms with Crippen LogP contribution < -0.4 is 5.43 Å². The number of hydrogen-bond acceptors (Lipinski definition) is 3. The van der Waals surface area contributed by atoms with E-state index in [0.717, 1.165) is 23.1 Å². The number of pyridine rings is 1. The number of hydrogen-bond donors (Lipinski definition) is 0. The number of fused-ring (bicyclic) bond motifs is 2.